The number of hydrogen-bond acceptors (Lipinski definition) is 4. The molecule has 78 valence electrons. The molecule has 1 aromatic carbocycles. The predicted octanol–water partition coefficient (Wildman–Crippen LogP) is 2.26. The molecular formula is C11H12N2OS. The fourth-order valence-corrected chi connectivity index (χ4v) is 1.72. The van der Waals surface area contributed by atoms with Crippen LogP contribution in [0.2, 0.25) is 0 Å². The van der Waals surface area contributed by atoms with Gasteiger partial charge in [0.05, 0.1) is 24.1 Å². The molecule has 1 aromatic rings. The van der Waals surface area contributed by atoms with E-state index >= 15 is 0 Å². The Morgan fingerprint density at radius 3 is 2.47 bits per heavy atom. The Kier molecular flexibility index (Phi) is 3.45. The Balaban J connectivity index is 2.11. The van der Waals surface area contributed by atoms with Crippen molar-refractivity contribution < 1.29 is 4.74 Å². The normalized spacial score (nSPS) is 15.9. The molecule has 0 aliphatic carbocycles. The van der Waals surface area contributed by atoms with Gasteiger partial charge in [-0.3, -0.25) is 0 Å². The molecule has 1 aliphatic heterocycles. The van der Waals surface area contributed by atoms with E-state index in [2.05, 4.69) is 39.4 Å². The van der Waals surface area contributed by atoms with Crippen LogP contribution in [0.25, 0.3) is 0 Å². The molecule has 0 N–H and O–H groups in total. The number of morpholine rings is 1. The first kappa shape index (κ1) is 10.3. The first-order valence-corrected chi connectivity index (χ1v) is 5.31. The Bertz CT molecular complexity index is 365. The van der Waals surface area contributed by atoms with Crippen molar-refractivity contribution in [3.8, 4) is 0 Å². The van der Waals surface area contributed by atoms with Crippen molar-refractivity contribution in [1.29, 1.82) is 0 Å². The van der Waals surface area contributed by atoms with E-state index < -0.39 is 0 Å². The van der Waals surface area contributed by atoms with Gasteiger partial charge in [0.2, 0.25) is 0 Å². The van der Waals surface area contributed by atoms with Gasteiger partial charge in [0.25, 0.3) is 0 Å². The fourth-order valence-electron chi connectivity index (χ4n) is 1.61. The molecule has 1 saturated heterocycles. The first-order valence-electron chi connectivity index (χ1n) is 4.91. The maximum Gasteiger partial charge on any atom is 0.0741 e. The second kappa shape index (κ2) is 5.03. The molecule has 15 heavy (non-hydrogen) atoms. The summed E-state index contributed by atoms with van der Waals surface area (Å²) in [6.45, 7) is 3.52. The molecule has 1 aliphatic rings. The van der Waals surface area contributed by atoms with Gasteiger partial charge in [0.1, 0.15) is 0 Å². The molecule has 1 heterocycles. The summed E-state index contributed by atoms with van der Waals surface area (Å²) in [6, 6.07) is 8.00. The lowest BCUT2D eigenvalue weighted by Gasteiger charge is -2.28. The highest BCUT2D eigenvalue weighted by Gasteiger charge is 2.10. The summed E-state index contributed by atoms with van der Waals surface area (Å²) in [5, 5.41) is 2.36. The highest BCUT2D eigenvalue weighted by Crippen LogP contribution is 2.20. The highest BCUT2D eigenvalue weighted by atomic mass is 32.1. The van der Waals surface area contributed by atoms with E-state index in [0.717, 1.165) is 32.0 Å². The predicted molar refractivity (Wildman–Crippen MR) is 64.2 cm³/mol. The number of aliphatic imine (C=N–C) groups is 1. The molecule has 0 unspecified atom stereocenters. The number of anilines is 1. The average molecular weight is 220 g/mol. The number of isothiocyanates is 1. The van der Waals surface area contributed by atoms with Crippen LogP contribution in [-0.2, 0) is 4.74 Å². The van der Waals surface area contributed by atoms with Gasteiger partial charge in [0.15, 0.2) is 0 Å². The summed E-state index contributed by atoms with van der Waals surface area (Å²) in [5.74, 6) is 0. The van der Waals surface area contributed by atoms with Crippen molar-refractivity contribution in [3.63, 3.8) is 0 Å². The van der Waals surface area contributed by atoms with Crippen LogP contribution in [0.1, 0.15) is 0 Å². The lowest BCUT2D eigenvalue weighted by atomic mass is 10.2. The molecule has 2 rings (SSSR count). The minimum atomic E-state index is 0.805. The molecular weight excluding hydrogens is 208 g/mol. The molecule has 0 amide bonds. The van der Waals surface area contributed by atoms with Crippen molar-refractivity contribution in [2.75, 3.05) is 31.2 Å². The van der Waals surface area contributed by atoms with Gasteiger partial charge in [-0.1, -0.05) is 0 Å². The Hall–Kier alpha value is -1.22. The van der Waals surface area contributed by atoms with E-state index in [1.807, 2.05) is 12.1 Å². The zero-order valence-corrected chi connectivity index (χ0v) is 9.17. The number of rotatable bonds is 2. The summed E-state index contributed by atoms with van der Waals surface area (Å²) in [4.78, 5) is 6.21. The highest BCUT2D eigenvalue weighted by molar-refractivity contribution is 7.78. The van der Waals surface area contributed by atoms with Crippen LogP contribution in [0.4, 0.5) is 11.4 Å². The van der Waals surface area contributed by atoms with E-state index in [0.29, 0.717) is 0 Å². The molecule has 0 radical (unpaired) electrons. The van der Waals surface area contributed by atoms with Crippen LogP contribution < -0.4 is 4.90 Å². The lowest BCUT2D eigenvalue weighted by Crippen LogP contribution is -2.36. The van der Waals surface area contributed by atoms with Crippen LogP contribution >= 0.6 is 12.2 Å². The van der Waals surface area contributed by atoms with Crippen LogP contribution in [0, 0.1) is 0 Å². The van der Waals surface area contributed by atoms with Gasteiger partial charge >= 0.3 is 0 Å². The van der Waals surface area contributed by atoms with Crippen molar-refractivity contribution in [2.45, 2.75) is 0 Å². The smallest absolute Gasteiger partial charge is 0.0741 e. The zero-order valence-electron chi connectivity index (χ0n) is 8.35. The molecule has 1 fully saturated rings. The van der Waals surface area contributed by atoms with Gasteiger partial charge in [-0.15, -0.1) is 0 Å². The van der Waals surface area contributed by atoms with Crippen molar-refractivity contribution in [3.05, 3.63) is 24.3 Å². The topological polar surface area (TPSA) is 24.8 Å². The SMILES string of the molecule is S=C=Nc1ccc(N2CCOCC2)cc1. The van der Waals surface area contributed by atoms with Gasteiger partial charge in [-0.05, 0) is 36.5 Å². The molecule has 4 heteroatoms. The van der Waals surface area contributed by atoms with Crippen LogP contribution in [0.15, 0.2) is 29.3 Å². The van der Waals surface area contributed by atoms with Crippen molar-refractivity contribution in [2.24, 2.45) is 4.99 Å². The van der Waals surface area contributed by atoms with E-state index in [9.17, 15) is 0 Å². The minimum absolute atomic E-state index is 0.805. The third-order valence-corrected chi connectivity index (χ3v) is 2.49. The Morgan fingerprint density at radius 2 is 1.87 bits per heavy atom. The Morgan fingerprint density at radius 1 is 1.20 bits per heavy atom. The summed E-state index contributed by atoms with van der Waals surface area (Å²) in [5.41, 5.74) is 2.06. The van der Waals surface area contributed by atoms with Crippen LogP contribution in [0.5, 0.6) is 0 Å². The van der Waals surface area contributed by atoms with Crippen LogP contribution in [-0.4, -0.2) is 31.5 Å². The van der Waals surface area contributed by atoms with Crippen molar-refractivity contribution in [1.82, 2.24) is 0 Å². The Labute approximate surface area is 94.4 Å². The summed E-state index contributed by atoms with van der Waals surface area (Å²) >= 11 is 4.55. The third-order valence-electron chi connectivity index (χ3n) is 2.40. The largest absolute Gasteiger partial charge is 0.378 e. The fraction of sp³-hybridized carbons (Fsp3) is 0.364. The van der Waals surface area contributed by atoms with E-state index in [-0.39, 0.29) is 0 Å². The van der Waals surface area contributed by atoms with Crippen molar-refractivity contribution >= 4 is 28.8 Å². The molecule has 0 spiro atoms. The lowest BCUT2D eigenvalue weighted by molar-refractivity contribution is 0.122. The quantitative estimate of drug-likeness (QED) is 0.564. The summed E-state index contributed by atoms with van der Waals surface area (Å²) in [7, 11) is 0. The molecule has 3 nitrogen and oxygen atoms in total. The van der Waals surface area contributed by atoms with E-state index in [4.69, 9.17) is 4.74 Å². The second-order valence-corrected chi connectivity index (χ2v) is 3.50. The molecule has 0 bridgehead atoms. The zero-order chi connectivity index (χ0) is 10.5. The van der Waals surface area contributed by atoms with E-state index in [1.165, 1.54) is 5.69 Å². The average Bonchev–Trinajstić information content (AvgIpc) is 2.32. The summed E-state index contributed by atoms with van der Waals surface area (Å²) < 4.78 is 5.30. The standard InChI is InChI=1S/C11H12N2OS/c15-9-12-10-1-3-11(4-2-10)13-5-7-14-8-6-13/h1-4H,5-8H2. The number of nitrogens with zero attached hydrogens (tertiary/aromatic N) is 2. The molecule has 0 aromatic heterocycles. The maximum atomic E-state index is 5.30. The number of thiocarbonyl (C=S) groups is 1. The van der Waals surface area contributed by atoms with Gasteiger partial charge < -0.3 is 9.64 Å². The monoisotopic (exact) mass is 220 g/mol. The number of benzene rings is 1. The van der Waals surface area contributed by atoms with Gasteiger partial charge in [-0.25, -0.2) is 0 Å². The molecule has 0 atom stereocenters. The number of hydrogen-bond donors (Lipinski definition) is 0. The van der Waals surface area contributed by atoms with Gasteiger partial charge in [-0.2, -0.15) is 4.99 Å². The second-order valence-electron chi connectivity index (χ2n) is 3.32. The molecule has 0 saturated carbocycles. The summed E-state index contributed by atoms with van der Waals surface area (Å²) in [6.07, 6.45) is 0. The minimum Gasteiger partial charge on any atom is -0.378 e. The van der Waals surface area contributed by atoms with Crippen LogP contribution in [0.3, 0.4) is 0 Å². The number of ether oxygens (including phenoxy) is 1. The van der Waals surface area contributed by atoms with Gasteiger partial charge in [0, 0.05) is 18.8 Å². The first-order chi connectivity index (χ1) is 7.40. The maximum absolute atomic E-state index is 5.30. The van der Waals surface area contributed by atoms with E-state index in [1.54, 1.807) is 0 Å². The third kappa shape index (κ3) is 2.63.